The summed E-state index contributed by atoms with van der Waals surface area (Å²) in [5, 5.41) is 3.14. The molecule has 0 saturated heterocycles. The molecule has 2 aromatic carbocycles. The lowest BCUT2D eigenvalue weighted by atomic mass is 9.99. The zero-order valence-corrected chi connectivity index (χ0v) is 17.6. The van der Waals surface area contributed by atoms with Crippen molar-refractivity contribution in [2.45, 2.75) is 32.9 Å². The first-order valence-corrected chi connectivity index (χ1v) is 9.78. The normalized spacial score (nSPS) is 12.8. The van der Waals surface area contributed by atoms with E-state index >= 15 is 0 Å². The molecule has 1 amide bonds. The van der Waals surface area contributed by atoms with Gasteiger partial charge in [-0.15, -0.1) is 0 Å². The van der Waals surface area contributed by atoms with Crippen molar-refractivity contribution in [1.29, 1.82) is 0 Å². The van der Waals surface area contributed by atoms with Crippen LogP contribution >= 0.6 is 34.8 Å². The van der Waals surface area contributed by atoms with E-state index in [9.17, 15) is 9.59 Å². The Balaban J connectivity index is 2.04. The Morgan fingerprint density at radius 2 is 1.68 bits per heavy atom. The van der Waals surface area contributed by atoms with Crippen molar-refractivity contribution < 1.29 is 19.1 Å². The lowest BCUT2D eigenvalue weighted by molar-refractivity contribution is -0.138. The molecule has 0 aromatic heterocycles. The van der Waals surface area contributed by atoms with Gasteiger partial charge >= 0.3 is 12.1 Å². The topological polar surface area (TPSA) is 64.6 Å². The number of nitrogens with one attached hydrogen (secondary N) is 1. The van der Waals surface area contributed by atoms with Crippen LogP contribution in [-0.4, -0.2) is 18.1 Å². The van der Waals surface area contributed by atoms with Gasteiger partial charge in [0.15, 0.2) is 5.75 Å². The highest BCUT2D eigenvalue weighted by molar-refractivity contribution is 6.43. The van der Waals surface area contributed by atoms with E-state index in [-0.39, 0.29) is 33.3 Å². The van der Waals surface area contributed by atoms with Gasteiger partial charge in [0.05, 0.1) is 15.1 Å². The number of hydrogen-bond acceptors (Lipinski definition) is 4. The Bertz CT molecular complexity index is 830. The van der Waals surface area contributed by atoms with Gasteiger partial charge in [-0.05, 0) is 17.5 Å². The Labute approximate surface area is 178 Å². The molecule has 8 heteroatoms. The van der Waals surface area contributed by atoms with Crippen LogP contribution in [-0.2, 0) is 16.1 Å². The second-order valence-corrected chi connectivity index (χ2v) is 7.41. The van der Waals surface area contributed by atoms with Crippen molar-refractivity contribution in [1.82, 2.24) is 5.32 Å². The van der Waals surface area contributed by atoms with Gasteiger partial charge < -0.3 is 14.8 Å². The molecule has 2 aromatic rings. The van der Waals surface area contributed by atoms with Gasteiger partial charge in [0.25, 0.3) is 0 Å². The van der Waals surface area contributed by atoms with Crippen LogP contribution in [0.4, 0.5) is 4.79 Å². The third kappa shape index (κ3) is 6.30. The highest BCUT2D eigenvalue weighted by Crippen LogP contribution is 2.34. The molecule has 0 saturated carbocycles. The van der Waals surface area contributed by atoms with Gasteiger partial charge in [-0.25, -0.2) is 9.59 Å². The maximum absolute atomic E-state index is 12.6. The van der Waals surface area contributed by atoms with E-state index in [4.69, 9.17) is 44.3 Å². The minimum absolute atomic E-state index is 0.0637. The Hall–Kier alpha value is -1.95. The SMILES string of the molecule is CC[C@H](C)[C@H](NC(=O)OCc1ccccc1)C(=O)Oc1cc(Cl)c(Cl)cc1Cl. The predicted octanol–water partition coefficient (Wildman–Crippen LogP) is 5.89. The van der Waals surface area contributed by atoms with E-state index in [0.717, 1.165) is 5.56 Å². The van der Waals surface area contributed by atoms with Crippen molar-refractivity contribution in [3.05, 3.63) is 63.1 Å². The summed E-state index contributed by atoms with van der Waals surface area (Å²) in [5.74, 6) is -0.807. The molecule has 2 atom stereocenters. The van der Waals surface area contributed by atoms with Crippen molar-refractivity contribution in [3.63, 3.8) is 0 Å². The average Bonchev–Trinajstić information content (AvgIpc) is 2.68. The van der Waals surface area contributed by atoms with Crippen molar-refractivity contribution in [2.75, 3.05) is 0 Å². The van der Waals surface area contributed by atoms with Gasteiger partial charge in [-0.1, -0.05) is 85.4 Å². The summed E-state index contributed by atoms with van der Waals surface area (Å²) in [6, 6.07) is 11.0. The van der Waals surface area contributed by atoms with Crippen LogP contribution in [0.5, 0.6) is 5.75 Å². The maximum Gasteiger partial charge on any atom is 0.408 e. The third-order valence-electron chi connectivity index (χ3n) is 4.14. The van der Waals surface area contributed by atoms with E-state index < -0.39 is 18.1 Å². The van der Waals surface area contributed by atoms with Crippen LogP contribution in [0.2, 0.25) is 15.1 Å². The summed E-state index contributed by atoms with van der Waals surface area (Å²) in [4.78, 5) is 24.8. The minimum atomic E-state index is -0.918. The van der Waals surface area contributed by atoms with E-state index in [1.807, 2.05) is 44.2 Å². The van der Waals surface area contributed by atoms with Crippen LogP contribution in [0.25, 0.3) is 0 Å². The molecule has 0 aliphatic carbocycles. The smallest absolute Gasteiger partial charge is 0.408 e. The molecule has 0 bridgehead atoms. The van der Waals surface area contributed by atoms with Crippen molar-refractivity contribution >= 4 is 46.9 Å². The number of benzene rings is 2. The molecule has 0 aliphatic rings. The molecular weight excluding hydrogens is 425 g/mol. The molecule has 0 spiro atoms. The number of carbonyl (C=O) groups excluding carboxylic acids is 2. The molecule has 5 nitrogen and oxygen atoms in total. The first-order valence-electron chi connectivity index (χ1n) is 8.65. The molecule has 0 fully saturated rings. The van der Waals surface area contributed by atoms with E-state index in [1.165, 1.54) is 12.1 Å². The van der Waals surface area contributed by atoms with Gasteiger partial charge in [0, 0.05) is 6.07 Å². The van der Waals surface area contributed by atoms with Crippen LogP contribution in [0, 0.1) is 5.92 Å². The minimum Gasteiger partial charge on any atom is -0.445 e. The zero-order valence-electron chi connectivity index (χ0n) is 15.4. The first kappa shape index (κ1) is 22.3. The Morgan fingerprint density at radius 3 is 2.32 bits per heavy atom. The molecule has 28 heavy (non-hydrogen) atoms. The summed E-state index contributed by atoms with van der Waals surface area (Å²) < 4.78 is 10.5. The maximum atomic E-state index is 12.6. The summed E-state index contributed by atoms with van der Waals surface area (Å²) in [7, 11) is 0. The van der Waals surface area contributed by atoms with E-state index in [2.05, 4.69) is 5.32 Å². The number of esters is 1. The van der Waals surface area contributed by atoms with Crippen LogP contribution in [0.3, 0.4) is 0 Å². The second kappa shape index (κ2) is 10.6. The number of ether oxygens (including phenoxy) is 2. The fraction of sp³-hybridized carbons (Fsp3) is 0.300. The van der Waals surface area contributed by atoms with Gasteiger partial charge in [-0.2, -0.15) is 0 Å². The van der Waals surface area contributed by atoms with Gasteiger partial charge in [-0.3, -0.25) is 0 Å². The van der Waals surface area contributed by atoms with Crippen molar-refractivity contribution in [2.24, 2.45) is 5.92 Å². The van der Waals surface area contributed by atoms with Crippen LogP contribution in [0.15, 0.2) is 42.5 Å². The van der Waals surface area contributed by atoms with Gasteiger partial charge in [0.2, 0.25) is 0 Å². The highest BCUT2D eigenvalue weighted by atomic mass is 35.5. The number of rotatable bonds is 7. The summed E-state index contributed by atoms with van der Waals surface area (Å²) in [6.07, 6.45) is -0.0836. The quantitative estimate of drug-likeness (QED) is 0.328. The molecule has 1 N–H and O–H groups in total. The van der Waals surface area contributed by atoms with Crippen LogP contribution < -0.4 is 10.1 Å². The summed E-state index contributed by atoms with van der Waals surface area (Å²) >= 11 is 17.9. The van der Waals surface area contributed by atoms with E-state index in [0.29, 0.717) is 6.42 Å². The zero-order chi connectivity index (χ0) is 20.7. The highest BCUT2D eigenvalue weighted by Gasteiger charge is 2.29. The number of amides is 1. The molecule has 0 radical (unpaired) electrons. The molecule has 2 rings (SSSR count). The lowest BCUT2D eigenvalue weighted by Gasteiger charge is -2.22. The fourth-order valence-electron chi connectivity index (χ4n) is 2.32. The molecule has 0 unspecified atom stereocenters. The lowest BCUT2D eigenvalue weighted by Crippen LogP contribution is -2.47. The van der Waals surface area contributed by atoms with Crippen molar-refractivity contribution in [3.8, 4) is 5.75 Å². The Kier molecular flexibility index (Phi) is 8.42. The van der Waals surface area contributed by atoms with Crippen LogP contribution in [0.1, 0.15) is 25.8 Å². The first-order chi connectivity index (χ1) is 13.3. The largest absolute Gasteiger partial charge is 0.445 e. The monoisotopic (exact) mass is 443 g/mol. The number of halogens is 3. The molecule has 0 aliphatic heterocycles. The second-order valence-electron chi connectivity index (χ2n) is 6.19. The fourth-order valence-corrected chi connectivity index (χ4v) is 2.89. The molecule has 150 valence electrons. The van der Waals surface area contributed by atoms with Gasteiger partial charge in [0.1, 0.15) is 12.6 Å². The average molecular weight is 445 g/mol. The summed E-state index contributed by atoms with van der Waals surface area (Å²) in [5.41, 5.74) is 0.836. The number of carbonyl (C=O) groups is 2. The molecular formula is C20H20Cl3NO4. The predicted molar refractivity (Wildman–Crippen MR) is 110 cm³/mol. The third-order valence-corrected chi connectivity index (χ3v) is 5.16. The standard InChI is InChI=1S/C20H20Cl3NO4/c1-3-12(2)18(24-20(26)27-11-13-7-5-4-6-8-13)19(25)28-17-10-15(22)14(21)9-16(17)23/h4-10,12,18H,3,11H2,1-2H3,(H,24,26)/t12-,18-/m0/s1. The van der Waals surface area contributed by atoms with E-state index in [1.54, 1.807) is 0 Å². The number of alkyl carbamates (subject to hydrolysis) is 1. The summed E-state index contributed by atoms with van der Waals surface area (Å²) in [6.45, 7) is 3.81. The number of hydrogen-bond donors (Lipinski definition) is 1. The Morgan fingerprint density at radius 1 is 1.04 bits per heavy atom. The molecule has 0 heterocycles.